The summed E-state index contributed by atoms with van der Waals surface area (Å²) >= 11 is 0. The fraction of sp³-hybridized carbons (Fsp3) is 0.467. The van der Waals surface area contributed by atoms with Gasteiger partial charge in [-0.1, -0.05) is 13.0 Å². The van der Waals surface area contributed by atoms with E-state index in [0.717, 1.165) is 35.7 Å². The molecule has 5 heteroatoms. The van der Waals surface area contributed by atoms with Crippen LogP contribution in [0.15, 0.2) is 24.5 Å². The summed E-state index contributed by atoms with van der Waals surface area (Å²) in [7, 11) is 3.61. The molecule has 2 rings (SSSR count). The summed E-state index contributed by atoms with van der Waals surface area (Å²) in [5, 5.41) is 7.87. The molecule has 1 N–H and O–H groups in total. The molecule has 0 fully saturated rings. The van der Waals surface area contributed by atoms with Crippen molar-refractivity contribution in [1.29, 1.82) is 0 Å². The highest BCUT2D eigenvalue weighted by atomic mass is 16.5. The van der Waals surface area contributed by atoms with Gasteiger partial charge in [-0.2, -0.15) is 5.10 Å². The molecule has 0 radical (unpaired) electrons. The maximum atomic E-state index is 5.44. The van der Waals surface area contributed by atoms with E-state index in [2.05, 4.69) is 28.4 Å². The average Bonchev–Trinajstić information content (AvgIpc) is 2.82. The number of pyridine rings is 1. The lowest BCUT2D eigenvalue weighted by Gasteiger charge is -2.21. The number of hydrogen-bond acceptors (Lipinski definition) is 4. The molecule has 0 amide bonds. The van der Waals surface area contributed by atoms with E-state index >= 15 is 0 Å². The number of ether oxygens (including phenoxy) is 1. The van der Waals surface area contributed by atoms with Crippen LogP contribution >= 0.6 is 0 Å². The smallest absolute Gasteiger partial charge is 0.161 e. The molecule has 0 aliphatic carbocycles. The first-order valence-corrected chi connectivity index (χ1v) is 6.89. The highest BCUT2D eigenvalue weighted by Crippen LogP contribution is 2.30. The van der Waals surface area contributed by atoms with Gasteiger partial charge in [-0.05, 0) is 31.5 Å². The second kappa shape index (κ2) is 6.52. The predicted molar refractivity (Wildman–Crippen MR) is 78.9 cm³/mol. The van der Waals surface area contributed by atoms with Crippen molar-refractivity contribution in [2.75, 3.05) is 13.7 Å². The zero-order valence-electron chi connectivity index (χ0n) is 12.6. The Balaban J connectivity index is 2.47. The van der Waals surface area contributed by atoms with E-state index in [-0.39, 0.29) is 6.04 Å². The fourth-order valence-corrected chi connectivity index (χ4v) is 2.36. The molecule has 108 valence electrons. The van der Waals surface area contributed by atoms with Gasteiger partial charge < -0.3 is 10.1 Å². The van der Waals surface area contributed by atoms with Crippen LogP contribution in [-0.4, -0.2) is 28.4 Å². The number of nitrogens with one attached hydrogen (secondary N) is 1. The van der Waals surface area contributed by atoms with Crippen LogP contribution in [0.4, 0.5) is 0 Å². The molecule has 20 heavy (non-hydrogen) atoms. The summed E-state index contributed by atoms with van der Waals surface area (Å²) in [4.78, 5) is 4.39. The molecular weight excluding hydrogens is 252 g/mol. The Kier molecular flexibility index (Phi) is 4.74. The first-order chi connectivity index (χ1) is 9.69. The average molecular weight is 274 g/mol. The first-order valence-electron chi connectivity index (χ1n) is 6.89. The Bertz CT molecular complexity index is 565. The van der Waals surface area contributed by atoms with Crippen molar-refractivity contribution in [2.45, 2.75) is 26.3 Å². The largest absolute Gasteiger partial charge is 0.493 e. The number of aryl methyl sites for hydroxylation is 2. The van der Waals surface area contributed by atoms with Crippen LogP contribution in [0.5, 0.6) is 5.75 Å². The van der Waals surface area contributed by atoms with Crippen LogP contribution in [0, 0.1) is 6.92 Å². The number of rotatable bonds is 6. The molecule has 2 heterocycles. The van der Waals surface area contributed by atoms with Gasteiger partial charge >= 0.3 is 0 Å². The SMILES string of the molecule is CCCNC(c1cccnc1C)c1c(OC)cnn1C. The van der Waals surface area contributed by atoms with E-state index in [1.165, 1.54) is 0 Å². The normalized spacial score (nSPS) is 12.4. The maximum absolute atomic E-state index is 5.44. The number of nitrogens with zero attached hydrogens (tertiary/aromatic N) is 3. The van der Waals surface area contributed by atoms with Crippen molar-refractivity contribution in [3.63, 3.8) is 0 Å². The van der Waals surface area contributed by atoms with Crippen molar-refractivity contribution in [2.24, 2.45) is 7.05 Å². The Hall–Kier alpha value is -1.88. The Labute approximate surface area is 120 Å². The second-order valence-corrected chi connectivity index (χ2v) is 4.79. The van der Waals surface area contributed by atoms with E-state index in [9.17, 15) is 0 Å². The molecule has 1 unspecified atom stereocenters. The standard InChI is InChI=1S/C15H22N4O/c1-5-8-17-14(12-7-6-9-16-11(12)2)15-13(20-4)10-18-19(15)3/h6-7,9-10,14,17H,5,8H2,1-4H3. The minimum atomic E-state index is 0.0334. The van der Waals surface area contributed by atoms with Gasteiger partial charge in [0, 0.05) is 18.9 Å². The van der Waals surface area contributed by atoms with E-state index in [1.54, 1.807) is 13.3 Å². The minimum absolute atomic E-state index is 0.0334. The monoisotopic (exact) mass is 274 g/mol. The van der Waals surface area contributed by atoms with Gasteiger partial charge in [0.15, 0.2) is 5.75 Å². The Morgan fingerprint density at radius 1 is 1.45 bits per heavy atom. The zero-order valence-corrected chi connectivity index (χ0v) is 12.6. The molecule has 2 aromatic rings. The van der Waals surface area contributed by atoms with Gasteiger partial charge in [0.1, 0.15) is 5.69 Å². The third kappa shape index (κ3) is 2.82. The summed E-state index contributed by atoms with van der Waals surface area (Å²) in [5.41, 5.74) is 3.20. The molecule has 0 saturated heterocycles. The fourth-order valence-electron chi connectivity index (χ4n) is 2.36. The molecule has 0 saturated carbocycles. The maximum Gasteiger partial charge on any atom is 0.161 e. The summed E-state index contributed by atoms with van der Waals surface area (Å²) in [6.07, 6.45) is 4.63. The van der Waals surface area contributed by atoms with Crippen LogP contribution < -0.4 is 10.1 Å². The Morgan fingerprint density at radius 3 is 2.90 bits per heavy atom. The van der Waals surface area contributed by atoms with Gasteiger partial charge in [0.05, 0.1) is 19.3 Å². The summed E-state index contributed by atoms with van der Waals surface area (Å²) < 4.78 is 7.30. The van der Waals surface area contributed by atoms with Gasteiger partial charge in [-0.3, -0.25) is 9.67 Å². The van der Waals surface area contributed by atoms with Crippen molar-refractivity contribution < 1.29 is 4.74 Å². The third-order valence-corrected chi connectivity index (χ3v) is 3.40. The molecule has 2 aromatic heterocycles. The Morgan fingerprint density at radius 2 is 2.25 bits per heavy atom. The van der Waals surface area contributed by atoms with Crippen LogP contribution in [0.3, 0.4) is 0 Å². The first kappa shape index (κ1) is 14.5. The molecular formula is C15H22N4O. The molecule has 0 bridgehead atoms. The van der Waals surface area contributed by atoms with Crippen LogP contribution in [-0.2, 0) is 7.05 Å². The quantitative estimate of drug-likeness (QED) is 0.877. The van der Waals surface area contributed by atoms with E-state index in [1.807, 2.05) is 30.9 Å². The van der Waals surface area contributed by atoms with Crippen LogP contribution in [0.25, 0.3) is 0 Å². The van der Waals surface area contributed by atoms with Crippen molar-refractivity contribution >= 4 is 0 Å². The van der Waals surface area contributed by atoms with Crippen molar-refractivity contribution in [1.82, 2.24) is 20.1 Å². The van der Waals surface area contributed by atoms with Gasteiger partial charge in [-0.15, -0.1) is 0 Å². The lowest BCUT2D eigenvalue weighted by Crippen LogP contribution is -2.26. The van der Waals surface area contributed by atoms with Gasteiger partial charge in [0.25, 0.3) is 0 Å². The van der Waals surface area contributed by atoms with E-state index < -0.39 is 0 Å². The van der Waals surface area contributed by atoms with Gasteiger partial charge in [0.2, 0.25) is 0 Å². The number of aromatic nitrogens is 3. The highest BCUT2D eigenvalue weighted by molar-refractivity contribution is 5.37. The number of hydrogen-bond donors (Lipinski definition) is 1. The summed E-state index contributed by atoms with van der Waals surface area (Å²) in [6.45, 7) is 5.10. The zero-order chi connectivity index (χ0) is 14.5. The third-order valence-electron chi connectivity index (χ3n) is 3.40. The van der Waals surface area contributed by atoms with Crippen molar-refractivity contribution in [3.8, 4) is 5.75 Å². The van der Waals surface area contributed by atoms with Crippen LogP contribution in [0.2, 0.25) is 0 Å². The van der Waals surface area contributed by atoms with E-state index in [4.69, 9.17) is 4.74 Å². The molecule has 1 atom stereocenters. The predicted octanol–water partition coefficient (Wildman–Crippen LogP) is 2.22. The molecule has 0 aliphatic heterocycles. The molecule has 0 aromatic carbocycles. The molecule has 0 aliphatic rings. The minimum Gasteiger partial charge on any atom is -0.493 e. The van der Waals surface area contributed by atoms with E-state index in [0.29, 0.717) is 0 Å². The molecule has 0 spiro atoms. The summed E-state index contributed by atoms with van der Waals surface area (Å²) in [5.74, 6) is 0.796. The van der Waals surface area contributed by atoms with Crippen molar-refractivity contribution in [3.05, 3.63) is 41.5 Å². The van der Waals surface area contributed by atoms with Gasteiger partial charge in [-0.25, -0.2) is 0 Å². The van der Waals surface area contributed by atoms with Crippen LogP contribution in [0.1, 0.15) is 36.3 Å². The second-order valence-electron chi connectivity index (χ2n) is 4.79. The lowest BCUT2D eigenvalue weighted by atomic mass is 10.0. The topological polar surface area (TPSA) is 52.0 Å². The lowest BCUT2D eigenvalue weighted by molar-refractivity contribution is 0.400. The number of methoxy groups -OCH3 is 1. The highest BCUT2D eigenvalue weighted by Gasteiger charge is 2.23. The summed E-state index contributed by atoms with van der Waals surface area (Å²) in [6, 6.07) is 4.10. The molecule has 5 nitrogen and oxygen atoms in total.